The number of aromatic nitrogens is 1. The Hall–Kier alpha value is -2.58. The molecule has 0 bridgehead atoms. The predicted octanol–water partition coefficient (Wildman–Crippen LogP) is 4.64. The lowest BCUT2D eigenvalue weighted by molar-refractivity contribution is -0.133. The van der Waals surface area contributed by atoms with Crippen molar-refractivity contribution in [1.82, 2.24) is 9.88 Å². The summed E-state index contributed by atoms with van der Waals surface area (Å²) in [4.78, 5) is 18.8. The number of likely N-dealkylation sites (tertiary alicyclic amines) is 1. The molecule has 8 nitrogen and oxygen atoms in total. The minimum absolute atomic E-state index is 0.185. The van der Waals surface area contributed by atoms with Crippen LogP contribution in [0.2, 0.25) is 0 Å². The average Bonchev–Trinajstić information content (AvgIpc) is 3.51. The highest BCUT2D eigenvalue weighted by Gasteiger charge is 2.33. The predicted molar refractivity (Wildman–Crippen MR) is 139 cm³/mol. The molecule has 3 heterocycles. The summed E-state index contributed by atoms with van der Waals surface area (Å²) in [6, 6.07) is 4.27. The quantitative estimate of drug-likeness (QED) is 0.376. The van der Waals surface area contributed by atoms with Gasteiger partial charge in [-0.15, -0.1) is 0 Å². The number of aryl methyl sites for hydroxylation is 1. The molecule has 1 aliphatic carbocycles. The SMILES string of the molecule is COc1cc2c(NC3CC(C)OC(C)C3)c3c(nc2cc1OCCCN1CCCC1)CCC3OC=O. The maximum absolute atomic E-state index is 11.3. The van der Waals surface area contributed by atoms with Crippen LogP contribution < -0.4 is 14.8 Å². The number of anilines is 1. The van der Waals surface area contributed by atoms with E-state index in [4.69, 9.17) is 23.9 Å². The van der Waals surface area contributed by atoms with Gasteiger partial charge < -0.3 is 29.2 Å². The van der Waals surface area contributed by atoms with Crippen molar-refractivity contribution in [2.24, 2.45) is 0 Å². The first-order valence-corrected chi connectivity index (χ1v) is 13.5. The van der Waals surface area contributed by atoms with E-state index in [1.807, 2.05) is 12.1 Å². The minimum atomic E-state index is -0.293. The van der Waals surface area contributed by atoms with E-state index in [0.717, 1.165) is 72.2 Å². The van der Waals surface area contributed by atoms with Gasteiger partial charge in [-0.2, -0.15) is 0 Å². The first-order valence-electron chi connectivity index (χ1n) is 13.5. The topological polar surface area (TPSA) is 82.2 Å². The van der Waals surface area contributed by atoms with Crippen LogP contribution in [0.5, 0.6) is 11.5 Å². The number of fused-ring (bicyclic) bond motifs is 2. The Morgan fingerprint density at radius 3 is 2.67 bits per heavy atom. The lowest BCUT2D eigenvalue weighted by Gasteiger charge is -2.34. The molecular formula is C28H39N3O5. The Morgan fingerprint density at radius 2 is 1.94 bits per heavy atom. The number of ether oxygens (including phenoxy) is 4. The fourth-order valence-corrected chi connectivity index (χ4v) is 6.12. The summed E-state index contributed by atoms with van der Waals surface area (Å²) < 4.78 is 23.4. The third-order valence-electron chi connectivity index (χ3n) is 7.69. The second-order valence-corrected chi connectivity index (χ2v) is 10.4. The number of hydrogen-bond acceptors (Lipinski definition) is 8. The zero-order chi connectivity index (χ0) is 25.1. The van der Waals surface area contributed by atoms with Crippen LogP contribution in [0, 0.1) is 0 Å². The molecule has 1 aromatic carbocycles. The van der Waals surface area contributed by atoms with Gasteiger partial charge in [0.25, 0.3) is 6.47 Å². The molecule has 196 valence electrons. The van der Waals surface area contributed by atoms with E-state index in [-0.39, 0.29) is 24.4 Å². The van der Waals surface area contributed by atoms with Gasteiger partial charge in [-0.1, -0.05) is 0 Å². The number of benzene rings is 1. The Kier molecular flexibility index (Phi) is 7.82. The van der Waals surface area contributed by atoms with Crippen LogP contribution in [0.4, 0.5) is 5.69 Å². The zero-order valence-corrected chi connectivity index (χ0v) is 21.8. The molecule has 1 aromatic heterocycles. The van der Waals surface area contributed by atoms with Gasteiger partial charge in [0.2, 0.25) is 0 Å². The highest BCUT2D eigenvalue weighted by Crippen LogP contribution is 2.45. The number of nitrogens with one attached hydrogen (secondary N) is 1. The molecule has 5 rings (SSSR count). The average molecular weight is 498 g/mol. The lowest BCUT2D eigenvalue weighted by atomic mass is 9.97. The fraction of sp³-hybridized carbons (Fsp3) is 0.643. The van der Waals surface area contributed by atoms with Crippen LogP contribution in [0.15, 0.2) is 12.1 Å². The lowest BCUT2D eigenvalue weighted by Crippen LogP contribution is -2.37. The largest absolute Gasteiger partial charge is 0.493 e. The first-order chi connectivity index (χ1) is 17.6. The van der Waals surface area contributed by atoms with Gasteiger partial charge in [-0.05, 0) is 77.9 Å². The van der Waals surface area contributed by atoms with Crippen LogP contribution >= 0.6 is 0 Å². The molecule has 36 heavy (non-hydrogen) atoms. The van der Waals surface area contributed by atoms with E-state index in [2.05, 4.69) is 24.1 Å². The number of carbonyl (C=O) groups is 1. The van der Waals surface area contributed by atoms with Crippen molar-refractivity contribution in [3.05, 3.63) is 23.4 Å². The van der Waals surface area contributed by atoms with E-state index < -0.39 is 0 Å². The normalized spacial score (nSPS) is 26.1. The molecular weight excluding hydrogens is 458 g/mol. The van der Waals surface area contributed by atoms with Gasteiger partial charge in [-0.25, -0.2) is 0 Å². The maximum atomic E-state index is 11.3. The second-order valence-electron chi connectivity index (χ2n) is 10.4. The molecule has 0 spiro atoms. The summed E-state index contributed by atoms with van der Waals surface area (Å²) in [5.74, 6) is 1.41. The number of rotatable bonds is 10. The van der Waals surface area contributed by atoms with E-state index >= 15 is 0 Å². The molecule has 2 saturated heterocycles. The van der Waals surface area contributed by atoms with Crippen LogP contribution in [-0.4, -0.2) is 68.0 Å². The Bertz CT molecular complexity index is 1060. The second kappa shape index (κ2) is 11.2. The van der Waals surface area contributed by atoms with E-state index in [0.29, 0.717) is 18.8 Å². The Balaban J connectivity index is 1.45. The number of nitrogens with zero attached hydrogens (tertiary/aromatic N) is 2. The van der Waals surface area contributed by atoms with Crippen LogP contribution in [0.3, 0.4) is 0 Å². The maximum Gasteiger partial charge on any atom is 0.293 e. The zero-order valence-electron chi connectivity index (χ0n) is 21.8. The number of pyridine rings is 1. The van der Waals surface area contributed by atoms with E-state index in [9.17, 15) is 4.79 Å². The summed E-state index contributed by atoms with van der Waals surface area (Å²) >= 11 is 0. The van der Waals surface area contributed by atoms with Crippen LogP contribution in [-0.2, 0) is 20.7 Å². The molecule has 0 radical (unpaired) electrons. The van der Waals surface area contributed by atoms with Crippen molar-refractivity contribution >= 4 is 23.1 Å². The molecule has 0 amide bonds. The van der Waals surface area contributed by atoms with Gasteiger partial charge in [0.15, 0.2) is 11.5 Å². The van der Waals surface area contributed by atoms with Crippen LogP contribution in [0.1, 0.15) is 69.7 Å². The Labute approximate surface area is 213 Å². The minimum Gasteiger partial charge on any atom is -0.493 e. The molecule has 1 N–H and O–H groups in total. The molecule has 2 fully saturated rings. The summed E-state index contributed by atoms with van der Waals surface area (Å²) in [6.07, 6.45) is 7.01. The van der Waals surface area contributed by atoms with Gasteiger partial charge in [-0.3, -0.25) is 9.78 Å². The summed E-state index contributed by atoms with van der Waals surface area (Å²) in [5.41, 5.74) is 3.83. The third kappa shape index (κ3) is 5.39. The van der Waals surface area contributed by atoms with E-state index in [1.165, 1.54) is 25.9 Å². The molecule has 3 atom stereocenters. The van der Waals surface area contributed by atoms with Gasteiger partial charge in [0.05, 0.1) is 42.8 Å². The Morgan fingerprint density at radius 1 is 1.17 bits per heavy atom. The van der Waals surface area contributed by atoms with Crippen LogP contribution in [0.25, 0.3) is 10.9 Å². The summed E-state index contributed by atoms with van der Waals surface area (Å²) in [6.45, 7) is 8.89. The molecule has 2 aromatic rings. The van der Waals surface area contributed by atoms with Crippen molar-refractivity contribution in [3.63, 3.8) is 0 Å². The molecule has 2 aliphatic heterocycles. The number of carbonyl (C=O) groups excluding carboxylic acids is 1. The molecule has 3 aliphatic rings. The van der Waals surface area contributed by atoms with Crippen molar-refractivity contribution in [2.45, 2.75) is 83.1 Å². The first kappa shape index (κ1) is 25.1. The van der Waals surface area contributed by atoms with Gasteiger partial charge in [0, 0.05) is 29.6 Å². The molecule has 8 heteroatoms. The van der Waals surface area contributed by atoms with Gasteiger partial charge >= 0.3 is 0 Å². The molecule has 3 unspecified atom stereocenters. The highest BCUT2D eigenvalue weighted by molar-refractivity contribution is 5.96. The van der Waals surface area contributed by atoms with Crippen molar-refractivity contribution in [2.75, 3.05) is 38.7 Å². The smallest absolute Gasteiger partial charge is 0.293 e. The van der Waals surface area contributed by atoms with Crippen molar-refractivity contribution < 1.29 is 23.7 Å². The standard InChI is InChI=1S/C28H39N3O5/c1-18-13-20(14-19(2)36-18)29-28-21-15-25(33-3)26(34-12-6-11-31-9-4-5-10-31)16-23(21)30-22-7-8-24(27(22)28)35-17-32/h15-20,24H,4-14H2,1-3H3,(H,29,30). The third-order valence-corrected chi connectivity index (χ3v) is 7.69. The molecule has 0 saturated carbocycles. The summed E-state index contributed by atoms with van der Waals surface area (Å²) in [5, 5.41) is 4.77. The highest BCUT2D eigenvalue weighted by atomic mass is 16.5. The monoisotopic (exact) mass is 497 g/mol. The summed E-state index contributed by atoms with van der Waals surface area (Å²) in [7, 11) is 1.67. The number of methoxy groups -OCH3 is 1. The van der Waals surface area contributed by atoms with E-state index in [1.54, 1.807) is 7.11 Å². The van der Waals surface area contributed by atoms with Gasteiger partial charge in [0.1, 0.15) is 6.10 Å². The fourth-order valence-electron chi connectivity index (χ4n) is 6.12. The van der Waals surface area contributed by atoms with Crippen molar-refractivity contribution in [1.29, 1.82) is 0 Å². The van der Waals surface area contributed by atoms with Crippen molar-refractivity contribution in [3.8, 4) is 11.5 Å². The number of hydrogen-bond donors (Lipinski definition) is 1.